The molecule has 0 aliphatic heterocycles. The van der Waals surface area contributed by atoms with Crippen molar-refractivity contribution in [2.45, 2.75) is 19.1 Å². The van der Waals surface area contributed by atoms with Gasteiger partial charge in [0.2, 0.25) is 0 Å². The third-order valence-corrected chi connectivity index (χ3v) is 3.95. The fraction of sp³-hybridized carbons (Fsp3) is 0.158. The van der Waals surface area contributed by atoms with Gasteiger partial charge in [0.25, 0.3) is 0 Å². The van der Waals surface area contributed by atoms with Crippen LogP contribution in [0.3, 0.4) is 0 Å². The van der Waals surface area contributed by atoms with Crippen molar-refractivity contribution >= 4 is 21.8 Å². The second-order valence-corrected chi connectivity index (χ2v) is 5.80. The fourth-order valence-corrected chi connectivity index (χ4v) is 2.66. The molecule has 2 aromatic heterocycles. The Hall–Kier alpha value is -3.85. The molecule has 2 heterocycles. The van der Waals surface area contributed by atoms with Crippen LogP contribution in [0.25, 0.3) is 21.8 Å². The SMILES string of the molecule is N#Cc1n[nH]c2ccccc12.N#Cc1nn(CCC(F)(F)F)c2ccccc12. The molecular formula is C19H13F3N6. The van der Waals surface area contributed by atoms with Crippen molar-refractivity contribution < 1.29 is 13.2 Å². The Morgan fingerprint density at radius 1 is 0.929 bits per heavy atom. The molecule has 6 nitrogen and oxygen atoms in total. The first-order valence-corrected chi connectivity index (χ1v) is 8.18. The highest BCUT2D eigenvalue weighted by atomic mass is 19.4. The summed E-state index contributed by atoms with van der Waals surface area (Å²) in [5.41, 5.74) is 2.07. The zero-order valence-corrected chi connectivity index (χ0v) is 14.4. The zero-order valence-electron chi connectivity index (χ0n) is 14.4. The lowest BCUT2D eigenvalue weighted by Crippen LogP contribution is -2.13. The number of rotatable bonds is 2. The highest BCUT2D eigenvalue weighted by molar-refractivity contribution is 5.84. The number of benzene rings is 2. The van der Waals surface area contributed by atoms with Gasteiger partial charge >= 0.3 is 6.18 Å². The lowest BCUT2D eigenvalue weighted by Gasteiger charge is -2.06. The summed E-state index contributed by atoms with van der Waals surface area (Å²) in [6, 6.07) is 18.2. The topological polar surface area (TPSA) is 94.1 Å². The minimum Gasteiger partial charge on any atom is -0.276 e. The molecular weight excluding hydrogens is 369 g/mol. The molecule has 0 radical (unpaired) electrons. The molecule has 0 aliphatic carbocycles. The molecule has 0 amide bonds. The summed E-state index contributed by atoms with van der Waals surface area (Å²) < 4.78 is 37.6. The maximum atomic E-state index is 12.1. The largest absolute Gasteiger partial charge is 0.390 e. The van der Waals surface area contributed by atoms with Gasteiger partial charge in [-0.2, -0.15) is 33.9 Å². The van der Waals surface area contributed by atoms with Gasteiger partial charge in [0, 0.05) is 10.8 Å². The highest BCUT2D eigenvalue weighted by Gasteiger charge is 2.27. The van der Waals surface area contributed by atoms with Crippen LogP contribution in [0.5, 0.6) is 0 Å². The average Bonchev–Trinajstić information content (AvgIpc) is 3.27. The standard InChI is InChI=1S/C11H8F3N3.C8H5N3/c12-11(13,14)5-6-17-10-4-2-1-3-8(10)9(7-15)16-17;9-5-8-6-3-1-2-4-7(6)10-11-8/h1-4H,5-6H2;1-4H,(H,10,11). The third kappa shape index (κ3) is 4.10. The molecule has 0 aliphatic rings. The van der Waals surface area contributed by atoms with E-state index >= 15 is 0 Å². The van der Waals surface area contributed by atoms with E-state index in [1.165, 1.54) is 4.68 Å². The molecule has 28 heavy (non-hydrogen) atoms. The molecule has 1 N–H and O–H groups in total. The van der Waals surface area contributed by atoms with Crippen LogP contribution in [-0.2, 0) is 6.54 Å². The van der Waals surface area contributed by atoms with E-state index in [9.17, 15) is 13.2 Å². The van der Waals surface area contributed by atoms with Gasteiger partial charge in [0.05, 0.1) is 24.0 Å². The van der Waals surface area contributed by atoms with Crippen LogP contribution >= 0.6 is 0 Å². The average molecular weight is 382 g/mol. The van der Waals surface area contributed by atoms with Crippen LogP contribution in [0.2, 0.25) is 0 Å². The van der Waals surface area contributed by atoms with E-state index in [0.717, 1.165) is 10.9 Å². The monoisotopic (exact) mass is 382 g/mol. The number of para-hydroxylation sites is 2. The number of aromatic amines is 1. The van der Waals surface area contributed by atoms with E-state index in [4.69, 9.17) is 10.5 Å². The number of alkyl halides is 3. The van der Waals surface area contributed by atoms with Gasteiger partial charge in [-0.1, -0.05) is 24.3 Å². The number of hydrogen-bond acceptors (Lipinski definition) is 4. The van der Waals surface area contributed by atoms with E-state index in [2.05, 4.69) is 15.3 Å². The minimum absolute atomic E-state index is 0.155. The Bertz CT molecular complexity index is 1190. The van der Waals surface area contributed by atoms with Crippen molar-refractivity contribution in [3.05, 3.63) is 59.9 Å². The molecule has 0 saturated heterocycles. The minimum atomic E-state index is -4.22. The van der Waals surface area contributed by atoms with Crippen LogP contribution in [-0.4, -0.2) is 26.2 Å². The summed E-state index contributed by atoms with van der Waals surface area (Å²) in [6.45, 7) is -0.272. The number of H-pyrrole nitrogens is 1. The maximum Gasteiger partial charge on any atom is 0.390 e. The predicted molar refractivity (Wildman–Crippen MR) is 95.9 cm³/mol. The van der Waals surface area contributed by atoms with Crippen LogP contribution in [0.4, 0.5) is 13.2 Å². The van der Waals surface area contributed by atoms with E-state index in [1.54, 1.807) is 24.3 Å². The maximum absolute atomic E-state index is 12.1. The van der Waals surface area contributed by atoms with Crippen LogP contribution in [0.1, 0.15) is 17.8 Å². The zero-order chi connectivity index (χ0) is 20.1. The van der Waals surface area contributed by atoms with Crippen molar-refractivity contribution in [1.29, 1.82) is 10.5 Å². The van der Waals surface area contributed by atoms with E-state index in [-0.39, 0.29) is 12.2 Å². The molecule has 0 unspecified atom stereocenters. The first-order valence-electron chi connectivity index (χ1n) is 8.18. The summed E-state index contributed by atoms with van der Waals surface area (Å²) in [5.74, 6) is 0. The number of hydrogen-bond donors (Lipinski definition) is 1. The van der Waals surface area contributed by atoms with Gasteiger partial charge in [-0.05, 0) is 24.3 Å². The Labute approximate surface area is 157 Å². The molecule has 2 aromatic carbocycles. The number of fused-ring (bicyclic) bond motifs is 2. The van der Waals surface area contributed by atoms with Crippen molar-refractivity contribution in [2.24, 2.45) is 0 Å². The number of aryl methyl sites for hydroxylation is 1. The summed E-state index contributed by atoms with van der Waals surface area (Å²) in [5, 5.41) is 29.3. The number of nitrogens with one attached hydrogen (secondary N) is 1. The van der Waals surface area contributed by atoms with E-state index < -0.39 is 12.6 Å². The third-order valence-electron chi connectivity index (χ3n) is 3.95. The molecule has 0 fully saturated rings. The van der Waals surface area contributed by atoms with Gasteiger partial charge in [0.15, 0.2) is 11.4 Å². The Balaban J connectivity index is 0.000000176. The molecule has 0 bridgehead atoms. The second-order valence-electron chi connectivity index (χ2n) is 5.80. The quantitative estimate of drug-likeness (QED) is 0.559. The number of aromatic nitrogens is 4. The molecule has 4 aromatic rings. The van der Waals surface area contributed by atoms with Gasteiger partial charge in [-0.25, -0.2) is 0 Å². The Kier molecular flexibility index (Phi) is 5.28. The molecule has 9 heteroatoms. The molecule has 0 atom stereocenters. The van der Waals surface area contributed by atoms with Crippen molar-refractivity contribution in [3.63, 3.8) is 0 Å². The molecule has 0 spiro atoms. The summed E-state index contributed by atoms with van der Waals surface area (Å²) in [4.78, 5) is 0. The Morgan fingerprint density at radius 2 is 1.57 bits per heavy atom. The van der Waals surface area contributed by atoms with Gasteiger partial charge in [0.1, 0.15) is 12.1 Å². The van der Waals surface area contributed by atoms with E-state index in [1.807, 2.05) is 36.4 Å². The van der Waals surface area contributed by atoms with Crippen molar-refractivity contribution in [1.82, 2.24) is 20.0 Å². The Morgan fingerprint density at radius 3 is 2.25 bits per heavy atom. The molecule has 4 rings (SSSR count). The normalized spacial score (nSPS) is 10.9. The fourth-order valence-electron chi connectivity index (χ4n) is 2.66. The first kappa shape index (κ1) is 18.9. The van der Waals surface area contributed by atoms with Crippen molar-refractivity contribution in [3.8, 4) is 12.1 Å². The van der Waals surface area contributed by atoms with Gasteiger partial charge in [-0.15, -0.1) is 0 Å². The molecule has 0 saturated carbocycles. The smallest absolute Gasteiger partial charge is 0.276 e. The van der Waals surface area contributed by atoms with E-state index in [0.29, 0.717) is 16.6 Å². The lowest BCUT2D eigenvalue weighted by molar-refractivity contribution is -0.137. The van der Waals surface area contributed by atoms with Crippen LogP contribution < -0.4 is 0 Å². The highest BCUT2D eigenvalue weighted by Crippen LogP contribution is 2.23. The predicted octanol–water partition coefficient (Wildman–Crippen LogP) is 4.29. The second kappa shape index (κ2) is 7.80. The summed E-state index contributed by atoms with van der Waals surface area (Å²) in [7, 11) is 0. The number of nitriles is 2. The molecule has 140 valence electrons. The summed E-state index contributed by atoms with van der Waals surface area (Å²) in [6.07, 6.45) is -5.18. The van der Waals surface area contributed by atoms with Gasteiger partial charge < -0.3 is 0 Å². The van der Waals surface area contributed by atoms with Crippen LogP contribution in [0.15, 0.2) is 48.5 Å². The first-order chi connectivity index (χ1) is 13.4. The van der Waals surface area contributed by atoms with Crippen molar-refractivity contribution in [2.75, 3.05) is 0 Å². The van der Waals surface area contributed by atoms with Gasteiger partial charge in [-0.3, -0.25) is 9.78 Å². The summed E-state index contributed by atoms with van der Waals surface area (Å²) >= 11 is 0. The van der Waals surface area contributed by atoms with Crippen LogP contribution in [0, 0.1) is 22.7 Å². The number of halogens is 3. The number of nitrogens with zero attached hydrogens (tertiary/aromatic N) is 5. The lowest BCUT2D eigenvalue weighted by atomic mass is 10.2.